The molecule has 0 amide bonds. The molecular formula is C11H15NO. The molecule has 0 bridgehead atoms. The summed E-state index contributed by atoms with van der Waals surface area (Å²) in [5.41, 5.74) is 2.27. The van der Waals surface area contributed by atoms with Gasteiger partial charge in [-0.15, -0.1) is 0 Å². The maximum absolute atomic E-state index is 10.2. The SMILES string of the molecule is Cn1cc(C(C)(C)C)cc1C=C=O. The van der Waals surface area contributed by atoms with Crippen LogP contribution in [-0.2, 0) is 17.3 Å². The molecule has 2 nitrogen and oxygen atoms in total. The normalized spacial score (nSPS) is 11.1. The van der Waals surface area contributed by atoms with Gasteiger partial charge in [0.05, 0.1) is 5.69 Å². The summed E-state index contributed by atoms with van der Waals surface area (Å²) in [6.45, 7) is 6.45. The number of hydrogen-bond acceptors (Lipinski definition) is 1. The van der Waals surface area contributed by atoms with E-state index in [9.17, 15) is 4.79 Å². The van der Waals surface area contributed by atoms with Gasteiger partial charge in [-0.25, -0.2) is 4.79 Å². The third-order valence-corrected chi connectivity index (χ3v) is 2.12. The third kappa shape index (κ3) is 2.10. The smallest absolute Gasteiger partial charge is 0.126 e. The minimum absolute atomic E-state index is 0.132. The van der Waals surface area contributed by atoms with Crippen molar-refractivity contribution in [1.29, 1.82) is 0 Å². The van der Waals surface area contributed by atoms with Crippen molar-refractivity contribution >= 4 is 12.0 Å². The van der Waals surface area contributed by atoms with Gasteiger partial charge in [-0.1, -0.05) is 20.8 Å². The van der Waals surface area contributed by atoms with E-state index in [4.69, 9.17) is 0 Å². The summed E-state index contributed by atoms with van der Waals surface area (Å²) < 4.78 is 1.94. The fourth-order valence-corrected chi connectivity index (χ4v) is 1.20. The minimum atomic E-state index is 0.132. The van der Waals surface area contributed by atoms with E-state index in [1.807, 2.05) is 23.9 Å². The zero-order chi connectivity index (χ0) is 10.1. The van der Waals surface area contributed by atoms with E-state index >= 15 is 0 Å². The average Bonchev–Trinajstić information content (AvgIpc) is 2.32. The van der Waals surface area contributed by atoms with Crippen LogP contribution in [0.1, 0.15) is 32.0 Å². The van der Waals surface area contributed by atoms with Crippen LogP contribution < -0.4 is 0 Å². The molecule has 70 valence electrons. The Balaban J connectivity index is 3.16. The summed E-state index contributed by atoms with van der Waals surface area (Å²) >= 11 is 0. The second-order valence-electron chi connectivity index (χ2n) is 4.28. The minimum Gasteiger partial charge on any atom is -0.350 e. The van der Waals surface area contributed by atoms with E-state index in [1.165, 1.54) is 11.6 Å². The lowest BCUT2D eigenvalue weighted by molar-refractivity contribution is 0.570. The third-order valence-electron chi connectivity index (χ3n) is 2.12. The quantitative estimate of drug-likeness (QED) is 0.602. The van der Waals surface area contributed by atoms with Gasteiger partial charge in [-0.2, -0.15) is 0 Å². The Hall–Kier alpha value is -1.27. The Morgan fingerprint density at radius 2 is 2.08 bits per heavy atom. The molecular weight excluding hydrogens is 162 g/mol. The Morgan fingerprint density at radius 1 is 1.46 bits per heavy atom. The summed E-state index contributed by atoms with van der Waals surface area (Å²) in [6.07, 6.45) is 3.50. The Bertz CT molecular complexity index is 349. The molecule has 0 aliphatic heterocycles. The van der Waals surface area contributed by atoms with Crippen molar-refractivity contribution in [3.63, 3.8) is 0 Å². The lowest BCUT2D eigenvalue weighted by atomic mass is 9.89. The van der Waals surface area contributed by atoms with Crippen molar-refractivity contribution in [2.75, 3.05) is 0 Å². The molecule has 0 saturated carbocycles. The van der Waals surface area contributed by atoms with E-state index in [-0.39, 0.29) is 5.41 Å². The summed E-state index contributed by atoms with van der Waals surface area (Å²) in [4.78, 5) is 10.2. The van der Waals surface area contributed by atoms with Gasteiger partial charge in [0.25, 0.3) is 0 Å². The molecule has 0 atom stereocenters. The largest absolute Gasteiger partial charge is 0.350 e. The first-order valence-electron chi connectivity index (χ1n) is 4.33. The predicted molar refractivity (Wildman–Crippen MR) is 54.3 cm³/mol. The van der Waals surface area contributed by atoms with E-state index < -0.39 is 0 Å². The predicted octanol–water partition coefficient (Wildman–Crippen LogP) is 2.17. The van der Waals surface area contributed by atoms with Crippen molar-refractivity contribution in [3.8, 4) is 0 Å². The molecule has 0 N–H and O–H groups in total. The highest BCUT2D eigenvalue weighted by molar-refractivity contribution is 5.73. The highest BCUT2D eigenvalue weighted by Gasteiger charge is 2.15. The molecule has 1 aromatic rings. The highest BCUT2D eigenvalue weighted by Crippen LogP contribution is 2.23. The van der Waals surface area contributed by atoms with Crippen LogP contribution in [0.15, 0.2) is 12.3 Å². The fourth-order valence-electron chi connectivity index (χ4n) is 1.20. The second-order valence-corrected chi connectivity index (χ2v) is 4.28. The zero-order valence-electron chi connectivity index (χ0n) is 8.59. The monoisotopic (exact) mass is 177 g/mol. The van der Waals surface area contributed by atoms with Gasteiger partial charge >= 0.3 is 0 Å². The van der Waals surface area contributed by atoms with Gasteiger partial charge < -0.3 is 4.57 Å². The molecule has 0 radical (unpaired) electrons. The number of hydrogen-bond donors (Lipinski definition) is 0. The lowest BCUT2D eigenvalue weighted by Crippen LogP contribution is -2.09. The number of nitrogens with zero attached hydrogens (tertiary/aromatic N) is 1. The molecule has 1 rings (SSSR count). The summed E-state index contributed by atoms with van der Waals surface area (Å²) in [5, 5.41) is 0. The molecule has 2 heteroatoms. The van der Waals surface area contributed by atoms with E-state index in [2.05, 4.69) is 20.8 Å². The molecule has 0 fully saturated rings. The van der Waals surface area contributed by atoms with Crippen molar-refractivity contribution in [2.24, 2.45) is 7.05 Å². The van der Waals surface area contributed by atoms with Crippen molar-refractivity contribution in [1.82, 2.24) is 4.57 Å². The van der Waals surface area contributed by atoms with Gasteiger partial charge in [0.2, 0.25) is 0 Å². The molecule has 0 spiro atoms. The summed E-state index contributed by atoms with van der Waals surface area (Å²) in [7, 11) is 1.93. The van der Waals surface area contributed by atoms with Crippen LogP contribution >= 0.6 is 0 Å². The molecule has 0 saturated heterocycles. The first-order valence-corrected chi connectivity index (χ1v) is 4.33. The maximum Gasteiger partial charge on any atom is 0.126 e. The molecule has 13 heavy (non-hydrogen) atoms. The molecule has 0 unspecified atom stereocenters. The van der Waals surface area contributed by atoms with Crippen LogP contribution in [-0.4, -0.2) is 10.5 Å². The molecule has 1 aromatic heterocycles. The highest BCUT2D eigenvalue weighted by atomic mass is 16.1. The zero-order valence-corrected chi connectivity index (χ0v) is 8.59. The molecule has 0 aliphatic rings. The first-order chi connectivity index (χ1) is 5.95. The summed E-state index contributed by atoms with van der Waals surface area (Å²) in [5.74, 6) is 1.79. The van der Waals surface area contributed by atoms with Gasteiger partial charge in [0.15, 0.2) is 0 Å². The van der Waals surface area contributed by atoms with Crippen LogP contribution in [0.25, 0.3) is 6.08 Å². The Kier molecular flexibility index (Phi) is 2.44. The van der Waals surface area contributed by atoms with Gasteiger partial charge in [-0.3, -0.25) is 0 Å². The standard InChI is InChI=1S/C11H15NO/c1-11(2,3)9-7-10(5-6-13)12(4)8-9/h5,7-8H,1-4H3. The fraction of sp³-hybridized carbons (Fsp3) is 0.455. The summed E-state index contributed by atoms with van der Waals surface area (Å²) in [6, 6.07) is 2.02. The first kappa shape index (κ1) is 9.82. The lowest BCUT2D eigenvalue weighted by Gasteiger charge is -2.15. The Labute approximate surface area is 78.9 Å². The van der Waals surface area contributed by atoms with Crippen molar-refractivity contribution in [3.05, 3.63) is 23.5 Å². The molecule has 0 aromatic carbocycles. The number of carbonyl (C=O) groups excluding carboxylic acids is 1. The molecule has 0 aliphatic carbocycles. The van der Waals surface area contributed by atoms with Crippen LogP contribution in [0.4, 0.5) is 0 Å². The van der Waals surface area contributed by atoms with E-state index in [0.717, 1.165) is 5.69 Å². The van der Waals surface area contributed by atoms with Crippen molar-refractivity contribution in [2.45, 2.75) is 26.2 Å². The van der Waals surface area contributed by atoms with Crippen LogP contribution in [0.5, 0.6) is 0 Å². The number of rotatable bonds is 1. The van der Waals surface area contributed by atoms with E-state index in [0.29, 0.717) is 0 Å². The van der Waals surface area contributed by atoms with Crippen LogP contribution in [0, 0.1) is 0 Å². The second kappa shape index (κ2) is 3.23. The maximum atomic E-state index is 10.2. The van der Waals surface area contributed by atoms with Crippen LogP contribution in [0.3, 0.4) is 0 Å². The van der Waals surface area contributed by atoms with Gasteiger partial charge in [-0.05, 0) is 17.0 Å². The number of aromatic nitrogens is 1. The molecule has 1 heterocycles. The average molecular weight is 177 g/mol. The number of aryl methyl sites for hydroxylation is 1. The van der Waals surface area contributed by atoms with E-state index in [1.54, 1.807) is 5.94 Å². The van der Waals surface area contributed by atoms with Crippen molar-refractivity contribution < 1.29 is 4.79 Å². The Morgan fingerprint density at radius 3 is 2.46 bits per heavy atom. The van der Waals surface area contributed by atoms with Gasteiger partial charge in [0, 0.05) is 19.3 Å². The topological polar surface area (TPSA) is 22.0 Å². The van der Waals surface area contributed by atoms with Gasteiger partial charge in [0.1, 0.15) is 5.94 Å². The van der Waals surface area contributed by atoms with Crippen LogP contribution in [0.2, 0.25) is 0 Å².